The minimum absolute atomic E-state index is 0.0221. The highest BCUT2D eigenvalue weighted by atomic mass is 32.2. The Morgan fingerprint density at radius 3 is 1.95 bits per heavy atom. The van der Waals surface area contributed by atoms with E-state index in [2.05, 4.69) is 5.32 Å². The van der Waals surface area contributed by atoms with Crippen molar-refractivity contribution in [2.45, 2.75) is 18.2 Å². The van der Waals surface area contributed by atoms with E-state index in [0.29, 0.717) is 6.42 Å². The minimum atomic E-state index is -4.00. The Balaban J connectivity index is 1.88. The molecule has 3 aromatic carbocycles. The molecule has 194 valence electrons. The van der Waals surface area contributed by atoms with Crippen molar-refractivity contribution in [1.82, 2.24) is 4.31 Å². The van der Waals surface area contributed by atoms with Crippen LogP contribution in [0.3, 0.4) is 0 Å². The molecule has 3 aromatic rings. The number of sulfonamides is 1. The molecule has 1 N–H and O–H groups in total. The first-order chi connectivity index (χ1) is 17.6. The van der Waals surface area contributed by atoms with Gasteiger partial charge in [0.25, 0.3) is 0 Å². The standard InChI is InChI=1S/C27H28N2O7S/c1-19-9-11-24(12-10-19)37(33,34)29(14-13-20-7-5-4-6-8-20)18-25(30)28-23-16-21(26(31)35-2)15-22(17-23)27(32)36-3/h4-12,15-17H,13-14,18H2,1-3H3,(H,28,30). The van der Waals surface area contributed by atoms with Crippen LogP contribution in [0.15, 0.2) is 77.7 Å². The number of nitrogens with zero attached hydrogens (tertiary/aromatic N) is 1. The van der Waals surface area contributed by atoms with E-state index in [0.717, 1.165) is 15.4 Å². The molecule has 0 saturated carbocycles. The average molecular weight is 525 g/mol. The van der Waals surface area contributed by atoms with Crippen LogP contribution < -0.4 is 5.32 Å². The van der Waals surface area contributed by atoms with Crippen LogP contribution in [0.5, 0.6) is 0 Å². The van der Waals surface area contributed by atoms with Gasteiger partial charge in [0, 0.05) is 12.2 Å². The molecular formula is C27H28N2O7S. The van der Waals surface area contributed by atoms with Gasteiger partial charge in [0.15, 0.2) is 0 Å². The quantitative estimate of drug-likeness (QED) is 0.404. The molecule has 0 aliphatic carbocycles. The topological polar surface area (TPSA) is 119 Å². The van der Waals surface area contributed by atoms with E-state index >= 15 is 0 Å². The predicted octanol–water partition coefficient (Wildman–Crippen LogP) is 3.44. The molecule has 0 aliphatic heterocycles. The highest BCUT2D eigenvalue weighted by molar-refractivity contribution is 7.89. The van der Waals surface area contributed by atoms with E-state index in [1.807, 2.05) is 37.3 Å². The van der Waals surface area contributed by atoms with Gasteiger partial charge in [-0.3, -0.25) is 4.79 Å². The summed E-state index contributed by atoms with van der Waals surface area (Å²) in [4.78, 5) is 37.2. The van der Waals surface area contributed by atoms with Gasteiger partial charge >= 0.3 is 11.9 Å². The Kier molecular flexibility index (Phi) is 9.15. The van der Waals surface area contributed by atoms with E-state index in [9.17, 15) is 22.8 Å². The number of esters is 2. The maximum absolute atomic E-state index is 13.4. The Labute approximate surface area is 216 Å². The largest absolute Gasteiger partial charge is 0.465 e. The molecule has 0 aromatic heterocycles. The maximum Gasteiger partial charge on any atom is 0.337 e. The van der Waals surface area contributed by atoms with E-state index in [1.54, 1.807) is 12.1 Å². The van der Waals surface area contributed by atoms with E-state index in [1.165, 1.54) is 44.6 Å². The molecule has 9 nitrogen and oxygen atoms in total. The number of hydrogen-bond donors (Lipinski definition) is 1. The van der Waals surface area contributed by atoms with Gasteiger partial charge in [-0.1, -0.05) is 48.0 Å². The van der Waals surface area contributed by atoms with E-state index < -0.39 is 34.4 Å². The molecule has 1 amide bonds. The fourth-order valence-corrected chi connectivity index (χ4v) is 4.97. The second-order valence-corrected chi connectivity index (χ2v) is 10.2. The lowest BCUT2D eigenvalue weighted by molar-refractivity contribution is -0.116. The summed E-state index contributed by atoms with van der Waals surface area (Å²) in [7, 11) is -1.63. The van der Waals surface area contributed by atoms with Crippen LogP contribution in [-0.4, -0.2) is 57.9 Å². The number of nitrogens with one attached hydrogen (secondary N) is 1. The Morgan fingerprint density at radius 1 is 0.838 bits per heavy atom. The van der Waals surface area contributed by atoms with Gasteiger partial charge in [0.1, 0.15) is 0 Å². The van der Waals surface area contributed by atoms with Crippen molar-refractivity contribution in [2.24, 2.45) is 0 Å². The van der Waals surface area contributed by atoms with E-state index in [-0.39, 0.29) is 28.3 Å². The molecule has 0 heterocycles. The number of anilines is 1. The minimum Gasteiger partial charge on any atom is -0.465 e. The lowest BCUT2D eigenvalue weighted by Crippen LogP contribution is -2.39. The van der Waals surface area contributed by atoms with Crippen LogP contribution in [-0.2, 0) is 30.7 Å². The van der Waals surface area contributed by atoms with Crippen molar-refractivity contribution in [3.05, 3.63) is 95.1 Å². The molecule has 0 aliphatic rings. The highest BCUT2D eigenvalue weighted by Crippen LogP contribution is 2.20. The summed E-state index contributed by atoms with van der Waals surface area (Å²) in [6.45, 7) is 1.42. The van der Waals surface area contributed by atoms with Gasteiger partial charge < -0.3 is 14.8 Å². The Bertz CT molecular complexity index is 1340. The Morgan fingerprint density at radius 2 is 1.41 bits per heavy atom. The zero-order valence-electron chi connectivity index (χ0n) is 20.8. The van der Waals surface area contributed by atoms with Crippen molar-refractivity contribution >= 4 is 33.6 Å². The molecular weight excluding hydrogens is 496 g/mol. The third-order valence-corrected chi connectivity index (χ3v) is 7.39. The first-order valence-electron chi connectivity index (χ1n) is 11.4. The number of aryl methyl sites for hydroxylation is 1. The first-order valence-corrected chi connectivity index (χ1v) is 12.8. The number of carbonyl (C=O) groups excluding carboxylic acids is 3. The lowest BCUT2D eigenvalue weighted by atomic mass is 10.1. The van der Waals surface area contributed by atoms with Crippen molar-refractivity contribution < 1.29 is 32.3 Å². The number of hydrogen-bond acceptors (Lipinski definition) is 7. The smallest absolute Gasteiger partial charge is 0.337 e. The third-order valence-electron chi connectivity index (χ3n) is 5.53. The summed E-state index contributed by atoms with van der Waals surface area (Å²) in [6.07, 6.45) is 0.392. The average Bonchev–Trinajstić information content (AvgIpc) is 2.90. The number of ether oxygens (including phenoxy) is 2. The number of amides is 1. The summed E-state index contributed by atoms with van der Waals surface area (Å²) in [6, 6.07) is 19.7. The fourth-order valence-electron chi connectivity index (χ4n) is 3.57. The maximum atomic E-state index is 13.4. The van der Waals surface area contributed by atoms with Crippen molar-refractivity contribution in [1.29, 1.82) is 0 Å². The summed E-state index contributed by atoms with van der Waals surface area (Å²) in [5, 5.41) is 2.58. The molecule has 0 unspecified atom stereocenters. The molecule has 0 spiro atoms. The number of methoxy groups -OCH3 is 2. The molecule has 0 radical (unpaired) electrons. The monoisotopic (exact) mass is 524 g/mol. The molecule has 0 saturated heterocycles. The second-order valence-electron chi connectivity index (χ2n) is 8.22. The number of rotatable bonds is 10. The SMILES string of the molecule is COC(=O)c1cc(NC(=O)CN(CCc2ccccc2)S(=O)(=O)c2ccc(C)cc2)cc(C(=O)OC)c1. The van der Waals surface area contributed by atoms with E-state index in [4.69, 9.17) is 9.47 Å². The summed E-state index contributed by atoms with van der Waals surface area (Å²) >= 11 is 0. The van der Waals surface area contributed by atoms with Crippen molar-refractivity contribution in [2.75, 3.05) is 32.6 Å². The molecule has 0 bridgehead atoms. The summed E-state index contributed by atoms with van der Waals surface area (Å²) in [5.74, 6) is -2.08. The Hall–Kier alpha value is -4.02. The van der Waals surface area contributed by atoms with Crippen LogP contribution in [0.25, 0.3) is 0 Å². The van der Waals surface area contributed by atoms with Crippen LogP contribution in [0.4, 0.5) is 5.69 Å². The van der Waals surface area contributed by atoms with Gasteiger partial charge in [0.05, 0.1) is 36.8 Å². The van der Waals surface area contributed by atoms with Gasteiger partial charge in [-0.05, 0) is 49.2 Å². The van der Waals surface area contributed by atoms with Gasteiger partial charge in [0.2, 0.25) is 15.9 Å². The normalized spacial score (nSPS) is 11.1. The van der Waals surface area contributed by atoms with Gasteiger partial charge in [-0.25, -0.2) is 18.0 Å². The third kappa shape index (κ3) is 7.25. The first kappa shape index (κ1) is 27.6. The molecule has 37 heavy (non-hydrogen) atoms. The summed E-state index contributed by atoms with van der Waals surface area (Å²) < 4.78 is 37.4. The zero-order chi connectivity index (χ0) is 27.0. The highest BCUT2D eigenvalue weighted by Gasteiger charge is 2.27. The van der Waals surface area contributed by atoms with Gasteiger partial charge in [-0.15, -0.1) is 0 Å². The van der Waals surface area contributed by atoms with Gasteiger partial charge in [-0.2, -0.15) is 4.31 Å². The molecule has 10 heteroatoms. The van der Waals surface area contributed by atoms with Crippen molar-refractivity contribution in [3.8, 4) is 0 Å². The molecule has 0 fully saturated rings. The molecule has 0 atom stereocenters. The molecule has 3 rings (SSSR count). The number of carbonyl (C=O) groups is 3. The second kappa shape index (κ2) is 12.3. The van der Waals surface area contributed by atoms with Crippen LogP contribution in [0.2, 0.25) is 0 Å². The van der Waals surface area contributed by atoms with Crippen LogP contribution >= 0.6 is 0 Å². The predicted molar refractivity (Wildman–Crippen MR) is 138 cm³/mol. The number of benzene rings is 3. The van der Waals surface area contributed by atoms with Crippen molar-refractivity contribution in [3.63, 3.8) is 0 Å². The van der Waals surface area contributed by atoms with Crippen LogP contribution in [0.1, 0.15) is 31.8 Å². The van der Waals surface area contributed by atoms with Crippen LogP contribution in [0, 0.1) is 6.92 Å². The fraction of sp³-hybridized carbons (Fsp3) is 0.222. The lowest BCUT2D eigenvalue weighted by Gasteiger charge is -2.22. The summed E-state index contributed by atoms with van der Waals surface area (Å²) in [5.41, 5.74) is 1.98. The zero-order valence-corrected chi connectivity index (χ0v) is 21.6.